The van der Waals surface area contributed by atoms with Crippen LogP contribution in [0.5, 0.6) is 0 Å². The Hall–Kier alpha value is -1.84. The van der Waals surface area contributed by atoms with Crippen LogP contribution in [0.25, 0.3) is 0 Å². The molecule has 3 rings (SSSR count). The van der Waals surface area contributed by atoms with Crippen molar-refractivity contribution in [3.63, 3.8) is 0 Å². The monoisotopic (exact) mass is 259 g/mol. The lowest BCUT2D eigenvalue weighted by Crippen LogP contribution is -2.32. The minimum absolute atomic E-state index is 0.0282. The summed E-state index contributed by atoms with van der Waals surface area (Å²) in [6.45, 7) is 2.20. The first-order chi connectivity index (χ1) is 9.17. The first-order valence-electron chi connectivity index (χ1n) is 6.75. The largest absolute Gasteiger partial charge is 0.466 e. The number of hydrogen-bond acceptors (Lipinski definition) is 3. The van der Waals surface area contributed by atoms with E-state index in [1.165, 1.54) is 0 Å². The summed E-state index contributed by atoms with van der Waals surface area (Å²) >= 11 is 0. The van der Waals surface area contributed by atoms with Gasteiger partial charge in [0.15, 0.2) is 0 Å². The van der Waals surface area contributed by atoms with Crippen LogP contribution in [0.1, 0.15) is 31.7 Å². The van der Waals surface area contributed by atoms with Gasteiger partial charge in [0.25, 0.3) is 0 Å². The predicted molar refractivity (Wildman–Crippen MR) is 70.7 cm³/mol. The van der Waals surface area contributed by atoms with Crippen molar-refractivity contribution in [2.45, 2.75) is 31.6 Å². The minimum Gasteiger partial charge on any atom is -0.466 e. The summed E-state index contributed by atoms with van der Waals surface area (Å²) in [4.78, 5) is 24.2. The molecule has 1 aliphatic carbocycles. The van der Waals surface area contributed by atoms with E-state index in [2.05, 4.69) is 5.32 Å². The summed E-state index contributed by atoms with van der Waals surface area (Å²) in [5.41, 5.74) is 1.40. The SMILES string of the molecule is CCOC(=O)[C@@H]1CC[C@]2(C1)C(=O)Nc1ccccc12. The maximum Gasteiger partial charge on any atom is 0.308 e. The molecule has 0 bridgehead atoms. The number of anilines is 1. The van der Waals surface area contributed by atoms with Crippen LogP contribution >= 0.6 is 0 Å². The number of hydrogen-bond donors (Lipinski definition) is 1. The second kappa shape index (κ2) is 4.37. The Morgan fingerprint density at radius 1 is 1.47 bits per heavy atom. The minimum atomic E-state index is -0.520. The van der Waals surface area contributed by atoms with Gasteiger partial charge in [0.2, 0.25) is 5.91 Å². The highest BCUT2D eigenvalue weighted by Gasteiger charge is 2.52. The summed E-state index contributed by atoms with van der Waals surface area (Å²) in [6, 6.07) is 7.76. The van der Waals surface area contributed by atoms with Crippen LogP contribution in [0.4, 0.5) is 5.69 Å². The van der Waals surface area contributed by atoms with Crippen molar-refractivity contribution in [3.05, 3.63) is 29.8 Å². The molecule has 100 valence electrons. The van der Waals surface area contributed by atoms with E-state index in [1.807, 2.05) is 24.3 Å². The second-order valence-electron chi connectivity index (χ2n) is 5.27. The third-order valence-corrected chi connectivity index (χ3v) is 4.26. The number of nitrogens with one attached hydrogen (secondary N) is 1. The lowest BCUT2D eigenvalue weighted by atomic mass is 9.79. The molecule has 19 heavy (non-hydrogen) atoms. The highest BCUT2D eigenvalue weighted by Crippen LogP contribution is 2.50. The molecule has 1 spiro atoms. The smallest absolute Gasteiger partial charge is 0.308 e. The average molecular weight is 259 g/mol. The van der Waals surface area contributed by atoms with E-state index in [-0.39, 0.29) is 17.8 Å². The van der Waals surface area contributed by atoms with Gasteiger partial charge in [-0.2, -0.15) is 0 Å². The van der Waals surface area contributed by atoms with Gasteiger partial charge in [-0.15, -0.1) is 0 Å². The molecule has 1 saturated carbocycles. The third-order valence-electron chi connectivity index (χ3n) is 4.26. The van der Waals surface area contributed by atoms with Crippen molar-refractivity contribution in [3.8, 4) is 0 Å². The van der Waals surface area contributed by atoms with Gasteiger partial charge in [-0.25, -0.2) is 0 Å². The molecular formula is C15H17NO3. The summed E-state index contributed by atoms with van der Waals surface area (Å²) < 4.78 is 5.08. The first kappa shape index (κ1) is 12.2. The molecule has 4 nitrogen and oxygen atoms in total. The standard InChI is InChI=1S/C15H17NO3/c1-2-19-13(17)10-7-8-15(9-10)11-5-3-4-6-12(11)16-14(15)18/h3-6,10H,2,7-9H2,1H3,(H,16,18)/t10-,15-/m1/s1. The zero-order valence-electron chi connectivity index (χ0n) is 10.9. The molecule has 1 aliphatic heterocycles. The molecule has 1 amide bonds. The number of fused-ring (bicyclic) bond motifs is 2. The molecule has 0 saturated heterocycles. The maximum absolute atomic E-state index is 12.3. The molecule has 0 unspecified atom stereocenters. The van der Waals surface area contributed by atoms with E-state index < -0.39 is 5.41 Å². The van der Waals surface area contributed by atoms with Crippen molar-refractivity contribution in [2.75, 3.05) is 11.9 Å². The van der Waals surface area contributed by atoms with Crippen LogP contribution in [0.3, 0.4) is 0 Å². The molecule has 4 heteroatoms. The van der Waals surface area contributed by atoms with Gasteiger partial charge in [0.1, 0.15) is 0 Å². The molecule has 1 heterocycles. The molecule has 0 radical (unpaired) electrons. The van der Waals surface area contributed by atoms with E-state index in [9.17, 15) is 9.59 Å². The number of para-hydroxylation sites is 1. The Morgan fingerprint density at radius 2 is 2.26 bits per heavy atom. The number of carbonyl (C=O) groups excluding carboxylic acids is 2. The molecule has 1 N–H and O–H groups in total. The zero-order valence-corrected chi connectivity index (χ0v) is 10.9. The summed E-state index contributed by atoms with van der Waals surface area (Å²) in [5, 5.41) is 2.93. The van der Waals surface area contributed by atoms with E-state index >= 15 is 0 Å². The Bertz CT molecular complexity index is 540. The molecule has 2 aliphatic rings. The normalized spacial score (nSPS) is 28.3. The van der Waals surface area contributed by atoms with Crippen molar-refractivity contribution >= 4 is 17.6 Å². The molecular weight excluding hydrogens is 242 g/mol. The molecule has 0 aromatic heterocycles. The Labute approximate surface area is 112 Å². The summed E-state index contributed by atoms with van der Waals surface area (Å²) in [7, 11) is 0. The fourth-order valence-electron chi connectivity index (χ4n) is 3.33. The van der Waals surface area contributed by atoms with Crippen LogP contribution < -0.4 is 5.32 Å². The van der Waals surface area contributed by atoms with Crippen molar-refractivity contribution in [1.29, 1.82) is 0 Å². The second-order valence-corrected chi connectivity index (χ2v) is 5.27. The number of amides is 1. The molecule has 1 fully saturated rings. The van der Waals surface area contributed by atoms with E-state index in [1.54, 1.807) is 6.92 Å². The first-order valence-corrected chi connectivity index (χ1v) is 6.75. The van der Waals surface area contributed by atoms with Gasteiger partial charge in [-0.3, -0.25) is 9.59 Å². The fraction of sp³-hybridized carbons (Fsp3) is 0.467. The Balaban J connectivity index is 1.90. The average Bonchev–Trinajstić information content (AvgIpc) is 2.96. The van der Waals surface area contributed by atoms with Crippen LogP contribution in [0.15, 0.2) is 24.3 Å². The predicted octanol–water partition coefficient (Wildman–Crippen LogP) is 2.24. The van der Waals surface area contributed by atoms with Gasteiger partial charge >= 0.3 is 5.97 Å². The van der Waals surface area contributed by atoms with Crippen molar-refractivity contribution < 1.29 is 14.3 Å². The number of carbonyl (C=O) groups is 2. The van der Waals surface area contributed by atoms with Gasteiger partial charge in [0, 0.05) is 5.69 Å². The summed E-state index contributed by atoms with van der Waals surface area (Å²) in [5.74, 6) is -0.297. The number of benzene rings is 1. The topological polar surface area (TPSA) is 55.4 Å². The van der Waals surface area contributed by atoms with Crippen LogP contribution in [0.2, 0.25) is 0 Å². The third kappa shape index (κ3) is 1.74. The van der Waals surface area contributed by atoms with Gasteiger partial charge in [-0.1, -0.05) is 18.2 Å². The Kier molecular flexibility index (Phi) is 2.81. The van der Waals surface area contributed by atoms with E-state index in [0.29, 0.717) is 13.0 Å². The maximum atomic E-state index is 12.3. The molecule has 1 aromatic carbocycles. The highest BCUT2D eigenvalue weighted by atomic mass is 16.5. The number of esters is 1. The van der Waals surface area contributed by atoms with Crippen molar-refractivity contribution in [2.24, 2.45) is 5.92 Å². The highest BCUT2D eigenvalue weighted by molar-refractivity contribution is 6.06. The quantitative estimate of drug-likeness (QED) is 0.829. The molecule has 2 atom stereocenters. The summed E-state index contributed by atoms with van der Waals surface area (Å²) in [6.07, 6.45) is 2.01. The van der Waals surface area contributed by atoms with E-state index in [0.717, 1.165) is 24.1 Å². The van der Waals surface area contributed by atoms with Gasteiger partial charge in [-0.05, 0) is 37.8 Å². The van der Waals surface area contributed by atoms with E-state index in [4.69, 9.17) is 4.74 Å². The van der Waals surface area contributed by atoms with Crippen LogP contribution in [-0.4, -0.2) is 18.5 Å². The van der Waals surface area contributed by atoms with Crippen molar-refractivity contribution in [1.82, 2.24) is 0 Å². The number of rotatable bonds is 2. The van der Waals surface area contributed by atoms with Gasteiger partial charge < -0.3 is 10.1 Å². The lowest BCUT2D eigenvalue weighted by Gasteiger charge is -2.21. The number of ether oxygens (including phenoxy) is 1. The van der Waals surface area contributed by atoms with Crippen LogP contribution in [0, 0.1) is 5.92 Å². The lowest BCUT2D eigenvalue weighted by molar-refractivity contribution is -0.147. The Morgan fingerprint density at radius 3 is 3.05 bits per heavy atom. The van der Waals surface area contributed by atoms with Gasteiger partial charge in [0.05, 0.1) is 17.9 Å². The zero-order chi connectivity index (χ0) is 13.5. The van der Waals surface area contributed by atoms with Crippen LogP contribution in [-0.2, 0) is 19.7 Å². The fourth-order valence-corrected chi connectivity index (χ4v) is 3.33. The molecule has 1 aromatic rings.